The SMILES string of the molecule is CN1CCN(C(=O)c2ccc(CN)cc2)CC1=O. The maximum Gasteiger partial charge on any atom is 0.254 e. The zero-order chi connectivity index (χ0) is 13.1. The molecular formula is C13H17N3O2. The second-order valence-electron chi connectivity index (χ2n) is 4.44. The number of carbonyl (C=O) groups excluding carboxylic acids is 2. The van der Waals surface area contributed by atoms with Gasteiger partial charge in [0.05, 0.1) is 0 Å². The summed E-state index contributed by atoms with van der Waals surface area (Å²) in [7, 11) is 1.75. The van der Waals surface area contributed by atoms with E-state index in [1.165, 1.54) is 0 Å². The molecule has 0 bridgehead atoms. The van der Waals surface area contributed by atoms with Crippen molar-refractivity contribution in [2.75, 3.05) is 26.7 Å². The molecular weight excluding hydrogens is 230 g/mol. The van der Waals surface area contributed by atoms with E-state index in [1.807, 2.05) is 12.1 Å². The third-order valence-corrected chi connectivity index (χ3v) is 3.18. The standard InChI is InChI=1S/C13H17N3O2/c1-15-6-7-16(9-12(15)17)13(18)11-4-2-10(8-14)3-5-11/h2-5H,6-9,14H2,1H3. The highest BCUT2D eigenvalue weighted by atomic mass is 16.2. The smallest absolute Gasteiger partial charge is 0.254 e. The number of piperazine rings is 1. The number of hydrogen-bond acceptors (Lipinski definition) is 3. The Balaban J connectivity index is 2.08. The molecule has 96 valence electrons. The van der Waals surface area contributed by atoms with Crippen molar-refractivity contribution in [3.05, 3.63) is 35.4 Å². The predicted molar refractivity (Wildman–Crippen MR) is 67.9 cm³/mol. The summed E-state index contributed by atoms with van der Waals surface area (Å²) < 4.78 is 0. The number of nitrogens with zero attached hydrogens (tertiary/aromatic N) is 2. The van der Waals surface area contributed by atoms with Gasteiger partial charge < -0.3 is 15.5 Å². The number of likely N-dealkylation sites (N-methyl/N-ethyl adjacent to an activating group) is 1. The molecule has 0 atom stereocenters. The fraction of sp³-hybridized carbons (Fsp3) is 0.385. The van der Waals surface area contributed by atoms with Crippen molar-refractivity contribution >= 4 is 11.8 Å². The third-order valence-electron chi connectivity index (χ3n) is 3.18. The van der Waals surface area contributed by atoms with Gasteiger partial charge in [0.25, 0.3) is 5.91 Å². The normalized spacial score (nSPS) is 16.0. The van der Waals surface area contributed by atoms with Crippen LogP contribution >= 0.6 is 0 Å². The molecule has 1 aliphatic rings. The zero-order valence-electron chi connectivity index (χ0n) is 10.4. The Bertz CT molecular complexity index is 456. The first kappa shape index (κ1) is 12.6. The summed E-state index contributed by atoms with van der Waals surface area (Å²) >= 11 is 0. The highest BCUT2D eigenvalue weighted by molar-refractivity contribution is 5.97. The lowest BCUT2D eigenvalue weighted by Crippen LogP contribution is -2.50. The Morgan fingerprint density at radius 2 is 1.94 bits per heavy atom. The number of amides is 2. The average Bonchev–Trinajstić information content (AvgIpc) is 2.41. The molecule has 18 heavy (non-hydrogen) atoms. The molecule has 0 saturated carbocycles. The molecule has 1 aromatic rings. The maximum absolute atomic E-state index is 12.2. The molecule has 5 nitrogen and oxygen atoms in total. The van der Waals surface area contributed by atoms with Crippen LogP contribution in [0.4, 0.5) is 0 Å². The summed E-state index contributed by atoms with van der Waals surface area (Å²) in [6.45, 7) is 1.79. The van der Waals surface area contributed by atoms with E-state index in [2.05, 4.69) is 0 Å². The van der Waals surface area contributed by atoms with Gasteiger partial charge in [0, 0.05) is 32.2 Å². The van der Waals surface area contributed by atoms with E-state index in [1.54, 1.807) is 29.0 Å². The zero-order valence-corrected chi connectivity index (χ0v) is 10.4. The molecule has 1 saturated heterocycles. The monoisotopic (exact) mass is 247 g/mol. The van der Waals surface area contributed by atoms with Gasteiger partial charge >= 0.3 is 0 Å². The van der Waals surface area contributed by atoms with Crippen LogP contribution in [0, 0.1) is 0 Å². The van der Waals surface area contributed by atoms with Gasteiger partial charge in [0.1, 0.15) is 6.54 Å². The van der Waals surface area contributed by atoms with Crippen molar-refractivity contribution < 1.29 is 9.59 Å². The van der Waals surface area contributed by atoms with Gasteiger partial charge in [-0.15, -0.1) is 0 Å². The summed E-state index contributed by atoms with van der Waals surface area (Å²) in [5, 5.41) is 0. The van der Waals surface area contributed by atoms with Crippen LogP contribution in [-0.2, 0) is 11.3 Å². The van der Waals surface area contributed by atoms with Crippen molar-refractivity contribution in [2.45, 2.75) is 6.54 Å². The van der Waals surface area contributed by atoms with Crippen molar-refractivity contribution in [2.24, 2.45) is 5.73 Å². The lowest BCUT2D eigenvalue weighted by molar-refractivity contribution is -0.133. The molecule has 5 heteroatoms. The van der Waals surface area contributed by atoms with Crippen LogP contribution in [0.15, 0.2) is 24.3 Å². The molecule has 2 rings (SSSR count). The van der Waals surface area contributed by atoms with Crippen molar-refractivity contribution in [3.8, 4) is 0 Å². The van der Waals surface area contributed by atoms with Crippen LogP contribution in [0.1, 0.15) is 15.9 Å². The van der Waals surface area contributed by atoms with Crippen LogP contribution in [0.5, 0.6) is 0 Å². The summed E-state index contributed by atoms with van der Waals surface area (Å²) in [6, 6.07) is 7.19. The van der Waals surface area contributed by atoms with Crippen molar-refractivity contribution in [3.63, 3.8) is 0 Å². The largest absolute Gasteiger partial charge is 0.342 e. The Labute approximate surface area is 106 Å². The minimum Gasteiger partial charge on any atom is -0.342 e. The summed E-state index contributed by atoms with van der Waals surface area (Å²) in [4.78, 5) is 27.0. The van der Waals surface area contributed by atoms with E-state index >= 15 is 0 Å². The fourth-order valence-corrected chi connectivity index (χ4v) is 1.90. The van der Waals surface area contributed by atoms with Crippen LogP contribution in [0.25, 0.3) is 0 Å². The first-order valence-corrected chi connectivity index (χ1v) is 5.94. The van der Waals surface area contributed by atoms with E-state index in [4.69, 9.17) is 5.73 Å². The summed E-state index contributed by atoms with van der Waals surface area (Å²) in [5.74, 6) is -0.117. The van der Waals surface area contributed by atoms with Crippen LogP contribution < -0.4 is 5.73 Å². The quantitative estimate of drug-likeness (QED) is 0.803. The van der Waals surface area contributed by atoms with E-state index in [0.717, 1.165) is 5.56 Å². The highest BCUT2D eigenvalue weighted by Gasteiger charge is 2.25. The molecule has 1 aromatic carbocycles. The van der Waals surface area contributed by atoms with E-state index in [9.17, 15) is 9.59 Å². The molecule has 2 amide bonds. The van der Waals surface area contributed by atoms with Crippen molar-refractivity contribution in [1.82, 2.24) is 9.80 Å². The van der Waals surface area contributed by atoms with Gasteiger partial charge in [0.2, 0.25) is 5.91 Å². The molecule has 0 unspecified atom stereocenters. The fourth-order valence-electron chi connectivity index (χ4n) is 1.90. The number of carbonyl (C=O) groups is 2. The first-order valence-electron chi connectivity index (χ1n) is 5.94. The molecule has 1 fully saturated rings. The van der Waals surface area contributed by atoms with Gasteiger partial charge in [-0.2, -0.15) is 0 Å². The van der Waals surface area contributed by atoms with E-state index in [-0.39, 0.29) is 18.4 Å². The second-order valence-corrected chi connectivity index (χ2v) is 4.44. The van der Waals surface area contributed by atoms with Gasteiger partial charge in [-0.1, -0.05) is 12.1 Å². The molecule has 1 aliphatic heterocycles. The van der Waals surface area contributed by atoms with Crippen LogP contribution in [-0.4, -0.2) is 48.3 Å². The number of nitrogens with two attached hydrogens (primary N) is 1. The lowest BCUT2D eigenvalue weighted by Gasteiger charge is -2.32. The molecule has 1 heterocycles. The Morgan fingerprint density at radius 3 is 2.50 bits per heavy atom. The Kier molecular flexibility index (Phi) is 3.62. The van der Waals surface area contributed by atoms with Gasteiger partial charge in [-0.05, 0) is 17.7 Å². The molecule has 0 radical (unpaired) electrons. The molecule has 0 aromatic heterocycles. The minimum atomic E-state index is -0.0972. The summed E-state index contributed by atoms with van der Waals surface area (Å²) in [5.41, 5.74) is 7.10. The molecule has 0 spiro atoms. The van der Waals surface area contributed by atoms with E-state index in [0.29, 0.717) is 25.2 Å². The van der Waals surface area contributed by atoms with Gasteiger partial charge in [-0.25, -0.2) is 0 Å². The topological polar surface area (TPSA) is 66.6 Å². The average molecular weight is 247 g/mol. The number of rotatable bonds is 2. The Morgan fingerprint density at radius 1 is 1.28 bits per heavy atom. The van der Waals surface area contributed by atoms with E-state index < -0.39 is 0 Å². The second kappa shape index (κ2) is 5.18. The molecule has 0 aliphatic carbocycles. The lowest BCUT2D eigenvalue weighted by atomic mass is 10.1. The van der Waals surface area contributed by atoms with Gasteiger partial charge in [0.15, 0.2) is 0 Å². The first-order chi connectivity index (χ1) is 8.61. The molecule has 2 N–H and O–H groups in total. The van der Waals surface area contributed by atoms with Crippen LogP contribution in [0.3, 0.4) is 0 Å². The summed E-state index contributed by atoms with van der Waals surface area (Å²) in [6.07, 6.45) is 0. The van der Waals surface area contributed by atoms with Gasteiger partial charge in [-0.3, -0.25) is 9.59 Å². The number of benzene rings is 1. The highest BCUT2D eigenvalue weighted by Crippen LogP contribution is 2.10. The number of hydrogen-bond donors (Lipinski definition) is 1. The van der Waals surface area contributed by atoms with Crippen molar-refractivity contribution in [1.29, 1.82) is 0 Å². The minimum absolute atomic E-state index is 0.0202. The Hall–Kier alpha value is -1.88. The van der Waals surface area contributed by atoms with Crippen LogP contribution in [0.2, 0.25) is 0 Å². The predicted octanol–water partition coefficient (Wildman–Crippen LogP) is 0.0595. The third kappa shape index (κ3) is 2.51. The maximum atomic E-state index is 12.2.